The summed E-state index contributed by atoms with van der Waals surface area (Å²) in [6.07, 6.45) is 2.70. The molecule has 0 saturated carbocycles. The predicted molar refractivity (Wildman–Crippen MR) is 103 cm³/mol. The molecule has 0 saturated heterocycles. The number of benzene rings is 2. The highest BCUT2D eigenvalue weighted by Crippen LogP contribution is 2.13. The van der Waals surface area contributed by atoms with Crippen LogP contribution in [0.2, 0.25) is 0 Å². The van der Waals surface area contributed by atoms with Crippen molar-refractivity contribution in [1.82, 2.24) is 10.2 Å². The fourth-order valence-electron chi connectivity index (χ4n) is 2.93. The molecule has 0 radical (unpaired) electrons. The first-order valence-corrected chi connectivity index (χ1v) is 8.84. The van der Waals surface area contributed by atoms with E-state index in [0.717, 1.165) is 31.8 Å². The van der Waals surface area contributed by atoms with Gasteiger partial charge >= 0.3 is 0 Å². The zero-order chi connectivity index (χ0) is 18.2. The molecule has 0 aliphatic heterocycles. The van der Waals surface area contributed by atoms with Gasteiger partial charge in [0.25, 0.3) is 5.91 Å². The van der Waals surface area contributed by atoms with Gasteiger partial charge < -0.3 is 9.73 Å². The van der Waals surface area contributed by atoms with Crippen LogP contribution < -0.4 is 5.32 Å². The second kappa shape index (κ2) is 9.02. The summed E-state index contributed by atoms with van der Waals surface area (Å²) < 4.78 is 5.52. The molecule has 1 aromatic heterocycles. The second-order valence-electron chi connectivity index (χ2n) is 6.30. The molecule has 3 rings (SSSR count). The van der Waals surface area contributed by atoms with Crippen LogP contribution in [0.4, 0.5) is 0 Å². The van der Waals surface area contributed by atoms with Crippen LogP contribution in [-0.4, -0.2) is 24.4 Å². The minimum atomic E-state index is -0.0620. The first-order chi connectivity index (χ1) is 12.7. The third-order valence-electron chi connectivity index (χ3n) is 4.37. The van der Waals surface area contributed by atoms with E-state index < -0.39 is 0 Å². The van der Waals surface area contributed by atoms with E-state index in [1.807, 2.05) is 42.5 Å². The van der Waals surface area contributed by atoms with Gasteiger partial charge in [-0.05, 0) is 41.8 Å². The highest BCUT2D eigenvalue weighted by atomic mass is 16.3. The van der Waals surface area contributed by atoms with Gasteiger partial charge in [0.1, 0.15) is 5.76 Å². The van der Waals surface area contributed by atoms with E-state index in [-0.39, 0.29) is 5.91 Å². The fourth-order valence-corrected chi connectivity index (χ4v) is 2.93. The minimum Gasteiger partial charge on any atom is -0.468 e. The van der Waals surface area contributed by atoms with Gasteiger partial charge in [0.15, 0.2) is 0 Å². The van der Waals surface area contributed by atoms with Gasteiger partial charge in [-0.1, -0.05) is 42.5 Å². The molecule has 2 aromatic carbocycles. The Kier molecular flexibility index (Phi) is 6.23. The van der Waals surface area contributed by atoms with Crippen LogP contribution in [-0.2, 0) is 19.5 Å². The van der Waals surface area contributed by atoms with Crippen molar-refractivity contribution in [3.8, 4) is 0 Å². The molecule has 0 spiro atoms. The summed E-state index contributed by atoms with van der Waals surface area (Å²) in [6.45, 7) is 2.50. The van der Waals surface area contributed by atoms with Gasteiger partial charge in [-0.15, -0.1) is 0 Å². The van der Waals surface area contributed by atoms with E-state index >= 15 is 0 Å². The molecular weight excluding hydrogens is 324 g/mol. The van der Waals surface area contributed by atoms with Gasteiger partial charge in [-0.3, -0.25) is 9.69 Å². The molecule has 0 atom stereocenters. The van der Waals surface area contributed by atoms with Crippen molar-refractivity contribution in [2.45, 2.75) is 19.5 Å². The molecule has 26 heavy (non-hydrogen) atoms. The lowest BCUT2D eigenvalue weighted by Gasteiger charge is -2.21. The van der Waals surface area contributed by atoms with Crippen molar-refractivity contribution >= 4 is 5.91 Å². The predicted octanol–water partition coefficient (Wildman–Crippen LogP) is 3.88. The van der Waals surface area contributed by atoms with E-state index in [9.17, 15) is 4.79 Å². The topological polar surface area (TPSA) is 45.5 Å². The maximum atomic E-state index is 11.7. The molecule has 3 aromatic rings. The molecule has 4 heteroatoms. The van der Waals surface area contributed by atoms with E-state index in [4.69, 9.17) is 4.42 Å². The lowest BCUT2D eigenvalue weighted by Crippen LogP contribution is -2.25. The average Bonchev–Trinajstić information content (AvgIpc) is 3.20. The Morgan fingerprint density at radius 2 is 1.69 bits per heavy atom. The Hall–Kier alpha value is -2.85. The van der Waals surface area contributed by atoms with Crippen LogP contribution in [0.1, 0.15) is 27.2 Å². The molecule has 0 aliphatic carbocycles. The third kappa shape index (κ3) is 5.07. The van der Waals surface area contributed by atoms with Gasteiger partial charge in [0, 0.05) is 25.7 Å². The number of carbonyl (C=O) groups excluding carboxylic acids is 1. The molecular formula is C22H24N2O2. The minimum absolute atomic E-state index is 0.0620. The third-order valence-corrected chi connectivity index (χ3v) is 4.37. The van der Waals surface area contributed by atoms with Crippen LogP contribution in [0.25, 0.3) is 0 Å². The van der Waals surface area contributed by atoms with Crippen molar-refractivity contribution in [2.75, 3.05) is 13.6 Å². The summed E-state index contributed by atoms with van der Waals surface area (Å²) in [5.41, 5.74) is 3.18. The molecule has 1 N–H and O–H groups in total. The summed E-state index contributed by atoms with van der Waals surface area (Å²) >= 11 is 0. The number of hydrogen-bond donors (Lipinski definition) is 1. The van der Waals surface area contributed by atoms with Crippen LogP contribution in [0.5, 0.6) is 0 Å². The van der Waals surface area contributed by atoms with Gasteiger partial charge in [0.05, 0.1) is 12.8 Å². The Morgan fingerprint density at radius 3 is 2.35 bits per heavy atom. The SMILES string of the molecule is CNC(=O)c1ccc(CN(CCc2ccccc2)Cc2ccco2)cc1. The first-order valence-electron chi connectivity index (χ1n) is 8.84. The lowest BCUT2D eigenvalue weighted by molar-refractivity contribution is 0.0963. The molecule has 0 aliphatic rings. The number of carbonyl (C=O) groups is 1. The van der Waals surface area contributed by atoms with E-state index in [1.54, 1.807) is 13.3 Å². The summed E-state index contributed by atoms with van der Waals surface area (Å²) in [5.74, 6) is 0.896. The zero-order valence-corrected chi connectivity index (χ0v) is 15.0. The van der Waals surface area contributed by atoms with Crippen LogP contribution in [0.3, 0.4) is 0 Å². The quantitative estimate of drug-likeness (QED) is 0.672. The molecule has 1 heterocycles. The Bertz CT molecular complexity index is 796. The van der Waals surface area contributed by atoms with Gasteiger partial charge in [-0.2, -0.15) is 0 Å². The van der Waals surface area contributed by atoms with Crippen molar-refractivity contribution in [3.05, 3.63) is 95.4 Å². The Balaban J connectivity index is 1.67. The average molecular weight is 348 g/mol. The monoisotopic (exact) mass is 348 g/mol. The molecule has 0 fully saturated rings. The number of nitrogens with zero attached hydrogens (tertiary/aromatic N) is 1. The fraction of sp³-hybridized carbons (Fsp3) is 0.227. The number of hydrogen-bond acceptors (Lipinski definition) is 3. The highest BCUT2D eigenvalue weighted by molar-refractivity contribution is 5.93. The van der Waals surface area contributed by atoms with E-state index in [1.165, 1.54) is 11.1 Å². The van der Waals surface area contributed by atoms with Crippen molar-refractivity contribution < 1.29 is 9.21 Å². The van der Waals surface area contributed by atoms with Gasteiger partial charge in [0.2, 0.25) is 0 Å². The summed E-state index contributed by atoms with van der Waals surface area (Å²) in [5, 5.41) is 2.65. The van der Waals surface area contributed by atoms with Crippen molar-refractivity contribution in [1.29, 1.82) is 0 Å². The molecule has 1 amide bonds. The smallest absolute Gasteiger partial charge is 0.251 e. The van der Waals surface area contributed by atoms with Crippen LogP contribution in [0.15, 0.2) is 77.4 Å². The summed E-state index contributed by atoms with van der Waals surface area (Å²) in [6, 6.07) is 22.2. The maximum absolute atomic E-state index is 11.7. The van der Waals surface area contributed by atoms with Crippen molar-refractivity contribution in [3.63, 3.8) is 0 Å². The molecule has 4 nitrogen and oxygen atoms in total. The van der Waals surface area contributed by atoms with Gasteiger partial charge in [-0.25, -0.2) is 0 Å². The van der Waals surface area contributed by atoms with E-state index in [0.29, 0.717) is 5.56 Å². The lowest BCUT2D eigenvalue weighted by atomic mass is 10.1. The van der Waals surface area contributed by atoms with Crippen LogP contribution in [0, 0.1) is 0 Å². The molecule has 134 valence electrons. The molecule has 0 bridgehead atoms. The summed E-state index contributed by atoms with van der Waals surface area (Å²) in [4.78, 5) is 14.0. The Morgan fingerprint density at radius 1 is 0.923 bits per heavy atom. The number of rotatable bonds is 8. The first kappa shape index (κ1) is 18.0. The zero-order valence-electron chi connectivity index (χ0n) is 15.0. The highest BCUT2D eigenvalue weighted by Gasteiger charge is 2.10. The number of nitrogens with one attached hydrogen (secondary N) is 1. The molecule has 0 unspecified atom stereocenters. The second-order valence-corrected chi connectivity index (χ2v) is 6.30. The maximum Gasteiger partial charge on any atom is 0.251 e. The summed E-state index contributed by atoms with van der Waals surface area (Å²) in [7, 11) is 1.64. The number of furan rings is 1. The normalized spacial score (nSPS) is 10.8. The number of amides is 1. The largest absolute Gasteiger partial charge is 0.468 e. The van der Waals surface area contributed by atoms with Crippen molar-refractivity contribution in [2.24, 2.45) is 0 Å². The Labute approximate surface area is 154 Å². The van der Waals surface area contributed by atoms with Crippen LogP contribution >= 0.6 is 0 Å². The standard InChI is InChI=1S/C22H24N2O2/c1-23-22(25)20-11-9-19(10-12-20)16-24(17-21-8-5-15-26-21)14-13-18-6-3-2-4-7-18/h2-12,15H,13-14,16-17H2,1H3,(H,23,25). The van der Waals surface area contributed by atoms with E-state index in [2.05, 4.69) is 34.5 Å².